The van der Waals surface area contributed by atoms with Gasteiger partial charge in [-0.05, 0) is 31.2 Å². The van der Waals surface area contributed by atoms with Crippen molar-refractivity contribution < 1.29 is 27.8 Å². The van der Waals surface area contributed by atoms with E-state index >= 15 is 0 Å². The van der Waals surface area contributed by atoms with E-state index in [1.165, 1.54) is 24.3 Å². The van der Waals surface area contributed by atoms with E-state index in [9.17, 15) is 23.2 Å². The van der Waals surface area contributed by atoms with Crippen molar-refractivity contribution >= 4 is 22.7 Å². The molecule has 7 nitrogen and oxygen atoms in total. The van der Waals surface area contributed by atoms with Gasteiger partial charge >= 0.3 is 12.6 Å². The second kappa shape index (κ2) is 8.59. The van der Waals surface area contributed by atoms with E-state index in [1.807, 2.05) is 0 Å². The van der Waals surface area contributed by atoms with E-state index < -0.39 is 37.1 Å². The van der Waals surface area contributed by atoms with Gasteiger partial charge in [0.15, 0.2) is 6.61 Å². The van der Waals surface area contributed by atoms with Gasteiger partial charge in [-0.1, -0.05) is 24.3 Å². The quantitative estimate of drug-likeness (QED) is 0.446. The molecular formula is C20H16F2N2O5. The van der Waals surface area contributed by atoms with Crippen LogP contribution in [0.15, 0.2) is 53.3 Å². The third-order valence-corrected chi connectivity index (χ3v) is 4.11. The lowest BCUT2D eigenvalue weighted by Gasteiger charge is -2.12. The van der Waals surface area contributed by atoms with Gasteiger partial charge < -0.3 is 9.47 Å². The van der Waals surface area contributed by atoms with Crippen LogP contribution in [0.2, 0.25) is 0 Å². The van der Waals surface area contributed by atoms with Gasteiger partial charge in [0, 0.05) is 0 Å². The van der Waals surface area contributed by atoms with E-state index in [0.717, 1.165) is 4.57 Å². The molecule has 0 aliphatic carbocycles. The summed E-state index contributed by atoms with van der Waals surface area (Å²) < 4.78 is 35.3. The average Bonchev–Trinajstić information content (AvgIpc) is 2.69. The number of aromatic nitrogens is 2. The first-order valence-electron chi connectivity index (χ1n) is 8.55. The SMILES string of the molecule is Cc1nc2ccccc2c(=O)n1CC(=O)OCC(=O)c1ccccc1OC(F)F. The van der Waals surface area contributed by atoms with Crippen molar-refractivity contribution in [2.45, 2.75) is 20.1 Å². The Morgan fingerprint density at radius 3 is 2.55 bits per heavy atom. The van der Waals surface area contributed by atoms with E-state index in [0.29, 0.717) is 16.7 Å². The molecule has 0 atom stereocenters. The van der Waals surface area contributed by atoms with Gasteiger partial charge in [-0.2, -0.15) is 8.78 Å². The van der Waals surface area contributed by atoms with E-state index in [1.54, 1.807) is 31.2 Å². The van der Waals surface area contributed by atoms with Crippen LogP contribution in [0.4, 0.5) is 8.78 Å². The number of ether oxygens (including phenoxy) is 2. The minimum Gasteiger partial charge on any atom is -0.456 e. The number of ketones is 1. The Kier molecular flexibility index (Phi) is 5.96. The van der Waals surface area contributed by atoms with Crippen molar-refractivity contribution in [1.29, 1.82) is 0 Å². The first-order valence-corrected chi connectivity index (χ1v) is 8.55. The van der Waals surface area contributed by atoms with E-state index in [2.05, 4.69) is 9.72 Å². The molecule has 0 N–H and O–H groups in total. The number of nitrogens with zero attached hydrogens (tertiary/aromatic N) is 2. The third-order valence-electron chi connectivity index (χ3n) is 4.11. The van der Waals surface area contributed by atoms with Crippen molar-refractivity contribution in [2.75, 3.05) is 6.61 Å². The van der Waals surface area contributed by atoms with Gasteiger partial charge in [-0.15, -0.1) is 0 Å². The maximum atomic E-state index is 12.6. The molecule has 150 valence electrons. The number of Topliss-reactive ketones (excluding diaryl/α,β-unsaturated/α-hetero) is 1. The number of rotatable bonds is 7. The average molecular weight is 402 g/mol. The Balaban J connectivity index is 1.71. The molecule has 9 heteroatoms. The molecule has 2 aromatic carbocycles. The third kappa shape index (κ3) is 4.63. The van der Waals surface area contributed by atoms with E-state index in [4.69, 9.17) is 4.74 Å². The van der Waals surface area contributed by atoms with Crippen LogP contribution in [-0.2, 0) is 16.1 Å². The van der Waals surface area contributed by atoms with Crippen LogP contribution in [0.3, 0.4) is 0 Å². The van der Waals surface area contributed by atoms with Crippen LogP contribution >= 0.6 is 0 Å². The second-order valence-electron chi connectivity index (χ2n) is 6.03. The van der Waals surface area contributed by atoms with Crippen LogP contribution < -0.4 is 10.3 Å². The Morgan fingerprint density at radius 2 is 1.79 bits per heavy atom. The van der Waals surface area contributed by atoms with Crippen LogP contribution in [0, 0.1) is 6.92 Å². The summed E-state index contributed by atoms with van der Waals surface area (Å²) >= 11 is 0. The standard InChI is InChI=1S/C20H16F2N2O5/c1-12-23-15-8-4-2-6-13(15)19(27)24(12)10-18(26)28-11-16(25)14-7-3-5-9-17(14)29-20(21)22/h2-9,20H,10-11H2,1H3. The van der Waals surface area contributed by atoms with Crippen molar-refractivity contribution in [3.05, 3.63) is 70.3 Å². The molecule has 0 saturated carbocycles. The van der Waals surface area contributed by atoms with Crippen molar-refractivity contribution in [3.8, 4) is 5.75 Å². The number of aryl methyl sites for hydroxylation is 1. The lowest BCUT2D eigenvalue weighted by molar-refractivity contribution is -0.143. The number of hydrogen-bond acceptors (Lipinski definition) is 6. The molecular weight excluding hydrogens is 386 g/mol. The van der Waals surface area contributed by atoms with Crippen molar-refractivity contribution in [3.63, 3.8) is 0 Å². The summed E-state index contributed by atoms with van der Waals surface area (Å²) in [6, 6.07) is 12.1. The Labute approximate surface area is 163 Å². The highest BCUT2D eigenvalue weighted by molar-refractivity contribution is 6.00. The normalized spacial score (nSPS) is 10.9. The summed E-state index contributed by atoms with van der Waals surface area (Å²) in [5.74, 6) is -1.55. The molecule has 3 aromatic rings. The zero-order valence-corrected chi connectivity index (χ0v) is 15.3. The Morgan fingerprint density at radius 1 is 1.10 bits per heavy atom. The highest BCUT2D eigenvalue weighted by atomic mass is 19.3. The molecule has 0 bridgehead atoms. The van der Waals surface area contributed by atoms with Gasteiger partial charge in [0.1, 0.15) is 18.1 Å². The molecule has 0 unspecified atom stereocenters. The highest BCUT2D eigenvalue weighted by Crippen LogP contribution is 2.20. The first kappa shape index (κ1) is 20.1. The monoisotopic (exact) mass is 402 g/mol. The summed E-state index contributed by atoms with van der Waals surface area (Å²) in [6.45, 7) is -2.64. The van der Waals surface area contributed by atoms with Crippen molar-refractivity contribution in [1.82, 2.24) is 9.55 Å². The number of carbonyl (C=O) groups is 2. The van der Waals surface area contributed by atoms with Crippen LogP contribution in [0.5, 0.6) is 5.75 Å². The number of fused-ring (bicyclic) bond motifs is 1. The van der Waals surface area contributed by atoms with E-state index in [-0.39, 0.29) is 11.3 Å². The fraction of sp³-hybridized carbons (Fsp3) is 0.200. The summed E-state index contributed by atoms with van der Waals surface area (Å²) in [7, 11) is 0. The summed E-state index contributed by atoms with van der Waals surface area (Å²) in [4.78, 5) is 41.2. The molecule has 3 rings (SSSR count). The zero-order chi connectivity index (χ0) is 21.0. The summed E-state index contributed by atoms with van der Waals surface area (Å²) in [6.07, 6.45) is 0. The zero-order valence-electron chi connectivity index (χ0n) is 15.3. The first-order chi connectivity index (χ1) is 13.9. The Bertz CT molecular complexity index is 1130. The van der Waals surface area contributed by atoms with Crippen LogP contribution in [0.1, 0.15) is 16.2 Å². The molecule has 0 spiro atoms. The number of halogens is 2. The molecule has 0 radical (unpaired) electrons. The number of carbonyl (C=O) groups excluding carboxylic acids is 2. The van der Waals surface area contributed by atoms with Crippen LogP contribution in [-0.4, -0.2) is 34.5 Å². The maximum absolute atomic E-state index is 12.6. The van der Waals surface area contributed by atoms with Crippen LogP contribution in [0.25, 0.3) is 10.9 Å². The molecule has 0 amide bonds. The second-order valence-corrected chi connectivity index (χ2v) is 6.03. The molecule has 1 aromatic heterocycles. The van der Waals surface area contributed by atoms with Gasteiger partial charge in [-0.3, -0.25) is 19.0 Å². The lowest BCUT2D eigenvalue weighted by Crippen LogP contribution is -2.29. The fourth-order valence-electron chi connectivity index (χ4n) is 2.76. The maximum Gasteiger partial charge on any atom is 0.387 e. The molecule has 0 saturated heterocycles. The predicted molar refractivity (Wildman–Crippen MR) is 99.1 cm³/mol. The topological polar surface area (TPSA) is 87.5 Å². The minimum atomic E-state index is -3.10. The predicted octanol–water partition coefficient (Wildman–Crippen LogP) is 2.73. The van der Waals surface area contributed by atoms with Gasteiger partial charge in [0.25, 0.3) is 5.56 Å². The number of benzene rings is 2. The molecule has 29 heavy (non-hydrogen) atoms. The number of hydrogen-bond donors (Lipinski definition) is 0. The summed E-state index contributed by atoms with van der Waals surface area (Å²) in [5, 5.41) is 0.347. The molecule has 1 heterocycles. The smallest absolute Gasteiger partial charge is 0.387 e. The largest absolute Gasteiger partial charge is 0.456 e. The summed E-state index contributed by atoms with van der Waals surface area (Å²) in [5.41, 5.74) is -0.0428. The number of esters is 1. The highest BCUT2D eigenvalue weighted by Gasteiger charge is 2.18. The number of alkyl halides is 2. The molecule has 0 aliphatic rings. The van der Waals surface area contributed by atoms with Crippen molar-refractivity contribution in [2.24, 2.45) is 0 Å². The van der Waals surface area contributed by atoms with Gasteiger partial charge in [0.05, 0.1) is 16.5 Å². The molecule has 0 fully saturated rings. The lowest BCUT2D eigenvalue weighted by atomic mass is 10.1. The van der Waals surface area contributed by atoms with Gasteiger partial charge in [-0.25, -0.2) is 4.98 Å². The fourth-order valence-corrected chi connectivity index (χ4v) is 2.76. The minimum absolute atomic E-state index is 0.138. The molecule has 0 aliphatic heterocycles. The Hall–Kier alpha value is -3.62. The number of para-hydroxylation sites is 2. The van der Waals surface area contributed by atoms with Gasteiger partial charge in [0.2, 0.25) is 5.78 Å².